The number of hydrogen-bond donors (Lipinski definition) is 1. The third-order valence-electron chi connectivity index (χ3n) is 4.62. The van der Waals surface area contributed by atoms with Crippen LogP contribution in [0, 0.1) is 17.6 Å². The van der Waals surface area contributed by atoms with Gasteiger partial charge < -0.3 is 10.1 Å². The van der Waals surface area contributed by atoms with Crippen molar-refractivity contribution in [3.05, 3.63) is 71.4 Å². The molecule has 0 fully saturated rings. The Morgan fingerprint density at radius 2 is 1.59 bits per heavy atom. The Labute approximate surface area is 165 Å². The highest BCUT2D eigenvalue weighted by Gasteiger charge is 2.40. The Balaban J connectivity index is 1.98. The summed E-state index contributed by atoms with van der Waals surface area (Å²) < 4.78 is 31.1. The van der Waals surface area contributed by atoms with Crippen LogP contribution in [0.5, 0.6) is 0 Å². The van der Waals surface area contributed by atoms with Gasteiger partial charge in [-0.2, -0.15) is 0 Å². The molecule has 0 saturated heterocycles. The monoisotopic (exact) mass is 400 g/mol. The van der Waals surface area contributed by atoms with Crippen LogP contribution in [0.3, 0.4) is 0 Å². The molecular weight excluding hydrogens is 382 g/mol. The number of rotatable bonds is 4. The highest BCUT2D eigenvalue weighted by Crippen LogP contribution is 2.34. The zero-order chi connectivity index (χ0) is 21.1. The molecule has 3 rings (SSSR count). The van der Waals surface area contributed by atoms with Crippen molar-refractivity contribution in [2.75, 3.05) is 17.3 Å². The molecule has 1 heterocycles. The summed E-state index contributed by atoms with van der Waals surface area (Å²) in [6.45, 7) is 1.52. The Hall–Kier alpha value is -3.55. The van der Waals surface area contributed by atoms with Gasteiger partial charge in [-0.3, -0.25) is 14.5 Å². The number of benzene rings is 2. The molecule has 2 aromatic carbocycles. The van der Waals surface area contributed by atoms with E-state index < -0.39 is 35.3 Å². The van der Waals surface area contributed by atoms with Gasteiger partial charge in [0.15, 0.2) is 0 Å². The standard InChI is InChI=1S/C21H18F2N2O4/c1-12-19(21(28)29-2)17(20(27)24-15-7-3-13(22)4-8-15)11-18(26)25(12)16-9-5-14(23)6-10-16/h3-10,17H,11H2,1-2H3,(H,24,27)/t17-/m1/s1. The van der Waals surface area contributed by atoms with Gasteiger partial charge in [-0.15, -0.1) is 0 Å². The predicted octanol–water partition coefficient (Wildman–Crippen LogP) is 3.40. The molecule has 0 unspecified atom stereocenters. The van der Waals surface area contributed by atoms with Crippen molar-refractivity contribution >= 4 is 29.2 Å². The molecule has 0 aliphatic carbocycles. The second-order valence-corrected chi connectivity index (χ2v) is 6.45. The first-order chi connectivity index (χ1) is 13.8. The molecule has 29 heavy (non-hydrogen) atoms. The molecule has 6 nitrogen and oxygen atoms in total. The van der Waals surface area contributed by atoms with Gasteiger partial charge in [-0.05, 0) is 55.5 Å². The van der Waals surface area contributed by atoms with Crippen molar-refractivity contribution < 1.29 is 27.9 Å². The van der Waals surface area contributed by atoms with Crippen LogP contribution in [0.15, 0.2) is 59.8 Å². The van der Waals surface area contributed by atoms with Crippen molar-refractivity contribution in [3.63, 3.8) is 0 Å². The average molecular weight is 400 g/mol. The number of carbonyl (C=O) groups excluding carboxylic acids is 3. The average Bonchev–Trinajstić information content (AvgIpc) is 2.70. The number of esters is 1. The molecule has 0 bridgehead atoms. The van der Waals surface area contributed by atoms with E-state index >= 15 is 0 Å². The van der Waals surface area contributed by atoms with E-state index in [4.69, 9.17) is 4.74 Å². The normalized spacial score (nSPS) is 16.6. The summed E-state index contributed by atoms with van der Waals surface area (Å²) in [4.78, 5) is 39.2. The minimum Gasteiger partial charge on any atom is -0.466 e. The van der Waals surface area contributed by atoms with E-state index in [1.807, 2.05) is 0 Å². The molecule has 1 aliphatic heterocycles. The third-order valence-corrected chi connectivity index (χ3v) is 4.62. The number of hydrogen-bond acceptors (Lipinski definition) is 4. The molecular formula is C21H18F2N2O4. The Morgan fingerprint density at radius 1 is 1.03 bits per heavy atom. The lowest BCUT2D eigenvalue weighted by Gasteiger charge is -2.33. The fourth-order valence-electron chi connectivity index (χ4n) is 3.24. The number of nitrogens with zero attached hydrogens (tertiary/aromatic N) is 1. The van der Waals surface area contributed by atoms with Crippen LogP contribution in [0.25, 0.3) is 0 Å². The minimum absolute atomic E-state index is 0.0241. The summed E-state index contributed by atoms with van der Waals surface area (Å²) >= 11 is 0. The SMILES string of the molecule is COC(=O)C1=C(C)N(c2ccc(F)cc2)C(=O)C[C@H]1C(=O)Nc1ccc(F)cc1. The Morgan fingerprint density at radius 3 is 2.14 bits per heavy atom. The number of nitrogens with one attached hydrogen (secondary N) is 1. The lowest BCUT2D eigenvalue weighted by Crippen LogP contribution is -2.43. The largest absolute Gasteiger partial charge is 0.466 e. The quantitative estimate of drug-likeness (QED) is 0.799. The molecule has 1 aliphatic rings. The first-order valence-corrected chi connectivity index (χ1v) is 8.76. The van der Waals surface area contributed by atoms with E-state index in [-0.39, 0.29) is 17.7 Å². The van der Waals surface area contributed by atoms with Crippen LogP contribution in [0.4, 0.5) is 20.2 Å². The zero-order valence-corrected chi connectivity index (χ0v) is 15.7. The van der Waals surface area contributed by atoms with E-state index in [9.17, 15) is 23.2 Å². The van der Waals surface area contributed by atoms with E-state index in [1.165, 1.54) is 67.5 Å². The topological polar surface area (TPSA) is 75.7 Å². The number of halogens is 2. The van der Waals surface area contributed by atoms with Gasteiger partial charge in [0.1, 0.15) is 11.6 Å². The second kappa shape index (κ2) is 8.22. The second-order valence-electron chi connectivity index (χ2n) is 6.45. The van der Waals surface area contributed by atoms with Crippen molar-refractivity contribution in [1.82, 2.24) is 0 Å². The predicted molar refractivity (Wildman–Crippen MR) is 102 cm³/mol. The fourth-order valence-corrected chi connectivity index (χ4v) is 3.24. The molecule has 1 N–H and O–H groups in total. The smallest absolute Gasteiger partial charge is 0.336 e. The molecule has 150 valence electrons. The molecule has 2 aromatic rings. The van der Waals surface area contributed by atoms with Crippen LogP contribution in [0.1, 0.15) is 13.3 Å². The van der Waals surface area contributed by atoms with Gasteiger partial charge in [0.05, 0.1) is 18.6 Å². The van der Waals surface area contributed by atoms with Crippen LogP contribution >= 0.6 is 0 Å². The van der Waals surface area contributed by atoms with Crippen LogP contribution < -0.4 is 10.2 Å². The van der Waals surface area contributed by atoms with Crippen molar-refractivity contribution in [2.24, 2.45) is 5.92 Å². The number of anilines is 2. The van der Waals surface area contributed by atoms with E-state index in [0.717, 1.165) is 0 Å². The van der Waals surface area contributed by atoms with Gasteiger partial charge in [0.25, 0.3) is 0 Å². The van der Waals surface area contributed by atoms with Crippen LogP contribution in [-0.2, 0) is 19.1 Å². The summed E-state index contributed by atoms with van der Waals surface area (Å²) in [7, 11) is 1.18. The van der Waals surface area contributed by atoms with Gasteiger partial charge >= 0.3 is 5.97 Å². The van der Waals surface area contributed by atoms with E-state index in [0.29, 0.717) is 11.4 Å². The van der Waals surface area contributed by atoms with E-state index in [1.54, 1.807) is 0 Å². The summed E-state index contributed by atoms with van der Waals surface area (Å²) in [5, 5.41) is 2.58. The number of ether oxygens (including phenoxy) is 1. The summed E-state index contributed by atoms with van der Waals surface area (Å²) in [6, 6.07) is 10.3. The first-order valence-electron chi connectivity index (χ1n) is 8.76. The van der Waals surface area contributed by atoms with Crippen molar-refractivity contribution in [1.29, 1.82) is 0 Å². The lowest BCUT2D eigenvalue weighted by molar-refractivity contribution is -0.138. The zero-order valence-electron chi connectivity index (χ0n) is 15.7. The maximum absolute atomic E-state index is 13.2. The van der Waals surface area contributed by atoms with Gasteiger partial charge in [0, 0.05) is 23.5 Å². The molecule has 0 aromatic heterocycles. The maximum atomic E-state index is 13.2. The van der Waals surface area contributed by atoms with Gasteiger partial charge in [-0.1, -0.05) is 0 Å². The molecule has 8 heteroatoms. The molecule has 2 amide bonds. The molecule has 0 spiro atoms. The minimum atomic E-state index is -1.09. The Kier molecular flexibility index (Phi) is 5.72. The van der Waals surface area contributed by atoms with Crippen molar-refractivity contribution in [2.45, 2.75) is 13.3 Å². The number of carbonyl (C=O) groups is 3. The highest BCUT2D eigenvalue weighted by molar-refractivity contribution is 6.10. The first kappa shape index (κ1) is 20.2. The fraction of sp³-hybridized carbons (Fsp3) is 0.190. The number of amides is 2. The molecule has 0 saturated carbocycles. The maximum Gasteiger partial charge on any atom is 0.336 e. The Bertz CT molecular complexity index is 985. The number of allylic oxidation sites excluding steroid dienone is 1. The highest BCUT2D eigenvalue weighted by atomic mass is 19.1. The summed E-state index contributed by atoms with van der Waals surface area (Å²) in [6.07, 6.45) is -0.286. The lowest BCUT2D eigenvalue weighted by atomic mass is 9.88. The third kappa shape index (κ3) is 4.16. The molecule has 1 atom stereocenters. The van der Waals surface area contributed by atoms with Crippen LogP contribution in [-0.4, -0.2) is 24.9 Å². The molecule has 0 radical (unpaired) electrons. The van der Waals surface area contributed by atoms with Gasteiger partial charge in [0.2, 0.25) is 11.8 Å². The summed E-state index contributed by atoms with van der Waals surface area (Å²) in [5.74, 6) is -3.79. The van der Waals surface area contributed by atoms with Crippen molar-refractivity contribution in [3.8, 4) is 0 Å². The van der Waals surface area contributed by atoms with E-state index in [2.05, 4.69) is 5.32 Å². The van der Waals surface area contributed by atoms with Gasteiger partial charge in [-0.25, -0.2) is 13.6 Å². The number of methoxy groups -OCH3 is 1. The summed E-state index contributed by atoms with van der Waals surface area (Å²) in [5.41, 5.74) is 0.939. The van der Waals surface area contributed by atoms with Crippen LogP contribution in [0.2, 0.25) is 0 Å².